The monoisotopic (exact) mass is 234 g/mol. The van der Waals surface area contributed by atoms with Crippen molar-refractivity contribution in [3.05, 3.63) is 42.0 Å². The van der Waals surface area contributed by atoms with E-state index in [4.69, 9.17) is 12.2 Å². The molecule has 0 saturated heterocycles. The number of hydrogen-bond donors (Lipinski definition) is 2. The molecule has 0 aromatic heterocycles. The molecule has 1 rings (SSSR count). The average molecular weight is 234 g/mol. The molecule has 0 aliphatic heterocycles. The fraction of sp³-hybridized carbons (Fsp3) is 0.308. The third kappa shape index (κ3) is 3.66. The van der Waals surface area contributed by atoms with Crippen molar-refractivity contribution in [2.75, 3.05) is 11.9 Å². The first-order valence-electron chi connectivity index (χ1n) is 5.42. The van der Waals surface area contributed by atoms with E-state index in [-0.39, 0.29) is 0 Å². The standard InChI is InChI=1S/C13H18N2S/c1-4-8-14-13(16)15-12-7-6-11(5-2)9-10(12)3/h4,6-7,9H,1,5,8H2,2-3H3,(H2,14,15,16). The molecule has 0 spiro atoms. The second-order valence-electron chi connectivity index (χ2n) is 3.63. The Morgan fingerprint density at radius 3 is 2.81 bits per heavy atom. The number of thiocarbonyl (C=S) groups is 1. The Morgan fingerprint density at radius 1 is 1.50 bits per heavy atom. The highest BCUT2D eigenvalue weighted by Gasteiger charge is 2.00. The van der Waals surface area contributed by atoms with E-state index in [0.717, 1.165) is 12.1 Å². The Morgan fingerprint density at radius 2 is 2.25 bits per heavy atom. The summed E-state index contributed by atoms with van der Waals surface area (Å²) in [7, 11) is 0. The van der Waals surface area contributed by atoms with Crippen molar-refractivity contribution >= 4 is 23.0 Å². The maximum atomic E-state index is 5.15. The van der Waals surface area contributed by atoms with Gasteiger partial charge in [-0.25, -0.2) is 0 Å². The van der Waals surface area contributed by atoms with Crippen LogP contribution in [0.15, 0.2) is 30.9 Å². The summed E-state index contributed by atoms with van der Waals surface area (Å²) >= 11 is 5.15. The molecule has 2 N–H and O–H groups in total. The zero-order chi connectivity index (χ0) is 12.0. The van der Waals surface area contributed by atoms with Gasteiger partial charge in [0.25, 0.3) is 0 Å². The van der Waals surface area contributed by atoms with Gasteiger partial charge in [-0.15, -0.1) is 6.58 Å². The zero-order valence-corrected chi connectivity index (χ0v) is 10.7. The van der Waals surface area contributed by atoms with Crippen molar-refractivity contribution in [3.63, 3.8) is 0 Å². The van der Waals surface area contributed by atoms with Crippen LogP contribution in [0.25, 0.3) is 0 Å². The van der Waals surface area contributed by atoms with E-state index in [1.165, 1.54) is 11.1 Å². The zero-order valence-electron chi connectivity index (χ0n) is 9.84. The van der Waals surface area contributed by atoms with Gasteiger partial charge in [-0.2, -0.15) is 0 Å². The molecule has 0 bridgehead atoms. The molecule has 0 aliphatic rings. The van der Waals surface area contributed by atoms with Crippen molar-refractivity contribution in [1.29, 1.82) is 0 Å². The Kier molecular flexibility index (Phi) is 4.99. The minimum atomic E-state index is 0.632. The van der Waals surface area contributed by atoms with Crippen LogP contribution in [0.2, 0.25) is 0 Å². The lowest BCUT2D eigenvalue weighted by Gasteiger charge is -2.12. The number of nitrogens with one attached hydrogen (secondary N) is 2. The molecule has 0 atom stereocenters. The largest absolute Gasteiger partial charge is 0.359 e. The molecule has 2 nitrogen and oxygen atoms in total. The molecular formula is C13H18N2S. The first-order valence-corrected chi connectivity index (χ1v) is 5.83. The Hall–Kier alpha value is -1.35. The van der Waals surface area contributed by atoms with Crippen LogP contribution in [0, 0.1) is 6.92 Å². The van der Waals surface area contributed by atoms with E-state index in [1.807, 2.05) is 0 Å². The minimum absolute atomic E-state index is 0.632. The number of benzene rings is 1. The van der Waals surface area contributed by atoms with Crippen LogP contribution in [-0.4, -0.2) is 11.7 Å². The SMILES string of the molecule is C=CCNC(=S)Nc1ccc(CC)cc1C. The van der Waals surface area contributed by atoms with E-state index in [1.54, 1.807) is 6.08 Å². The molecule has 0 aliphatic carbocycles. The molecule has 16 heavy (non-hydrogen) atoms. The minimum Gasteiger partial charge on any atom is -0.359 e. The first kappa shape index (κ1) is 12.7. The smallest absolute Gasteiger partial charge is 0.171 e. The molecule has 86 valence electrons. The van der Waals surface area contributed by atoms with Gasteiger partial charge in [0.05, 0.1) is 0 Å². The lowest BCUT2D eigenvalue weighted by molar-refractivity contribution is 1.06. The molecular weight excluding hydrogens is 216 g/mol. The Labute approximate surface area is 103 Å². The second kappa shape index (κ2) is 6.28. The van der Waals surface area contributed by atoms with E-state index in [2.05, 4.69) is 49.3 Å². The van der Waals surface area contributed by atoms with Crippen LogP contribution in [0.1, 0.15) is 18.1 Å². The summed E-state index contributed by atoms with van der Waals surface area (Å²) in [6.45, 7) is 8.54. The number of aryl methyl sites for hydroxylation is 2. The van der Waals surface area contributed by atoms with Gasteiger partial charge in [-0.3, -0.25) is 0 Å². The summed E-state index contributed by atoms with van der Waals surface area (Å²) in [5, 5.41) is 6.84. The summed E-state index contributed by atoms with van der Waals surface area (Å²) in [6.07, 6.45) is 2.83. The van der Waals surface area contributed by atoms with Crippen molar-refractivity contribution < 1.29 is 0 Å². The van der Waals surface area contributed by atoms with Gasteiger partial charge >= 0.3 is 0 Å². The van der Waals surface area contributed by atoms with Gasteiger partial charge in [0.15, 0.2) is 5.11 Å². The second-order valence-corrected chi connectivity index (χ2v) is 4.03. The molecule has 0 saturated carbocycles. The van der Waals surface area contributed by atoms with Gasteiger partial charge in [0.2, 0.25) is 0 Å². The third-order valence-electron chi connectivity index (χ3n) is 2.35. The number of rotatable bonds is 4. The van der Waals surface area contributed by atoms with Crippen molar-refractivity contribution in [2.24, 2.45) is 0 Å². The van der Waals surface area contributed by atoms with Crippen LogP contribution in [0.3, 0.4) is 0 Å². The highest BCUT2D eigenvalue weighted by atomic mass is 32.1. The predicted molar refractivity (Wildman–Crippen MR) is 75.0 cm³/mol. The lowest BCUT2D eigenvalue weighted by atomic mass is 10.1. The number of anilines is 1. The molecule has 0 amide bonds. The Bertz CT molecular complexity index is 386. The van der Waals surface area contributed by atoms with E-state index >= 15 is 0 Å². The number of hydrogen-bond acceptors (Lipinski definition) is 1. The van der Waals surface area contributed by atoms with E-state index in [0.29, 0.717) is 11.7 Å². The highest BCUT2D eigenvalue weighted by Crippen LogP contribution is 2.16. The molecule has 1 aromatic rings. The van der Waals surface area contributed by atoms with Crippen molar-refractivity contribution in [2.45, 2.75) is 20.3 Å². The molecule has 0 unspecified atom stereocenters. The maximum absolute atomic E-state index is 5.15. The summed E-state index contributed by atoms with van der Waals surface area (Å²) in [6, 6.07) is 6.36. The Balaban J connectivity index is 2.66. The fourth-order valence-corrected chi connectivity index (χ4v) is 1.61. The average Bonchev–Trinajstić information content (AvgIpc) is 2.29. The van der Waals surface area contributed by atoms with Crippen molar-refractivity contribution in [3.8, 4) is 0 Å². The first-order chi connectivity index (χ1) is 7.67. The van der Waals surface area contributed by atoms with Crippen LogP contribution in [-0.2, 0) is 6.42 Å². The summed E-state index contributed by atoms with van der Waals surface area (Å²) in [4.78, 5) is 0. The van der Waals surface area contributed by atoms with Gasteiger partial charge in [0.1, 0.15) is 0 Å². The fourth-order valence-electron chi connectivity index (χ4n) is 1.42. The van der Waals surface area contributed by atoms with Gasteiger partial charge in [-0.1, -0.05) is 25.1 Å². The summed E-state index contributed by atoms with van der Waals surface area (Å²) < 4.78 is 0. The molecule has 0 fully saturated rings. The van der Waals surface area contributed by atoms with Crippen molar-refractivity contribution in [1.82, 2.24) is 5.32 Å². The van der Waals surface area contributed by atoms with Crippen LogP contribution < -0.4 is 10.6 Å². The summed E-state index contributed by atoms with van der Waals surface area (Å²) in [5.41, 5.74) is 3.61. The molecule has 3 heteroatoms. The van der Waals surface area contributed by atoms with Crippen LogP contribution in [0.5, 0.6) is 0 Å². The highest BCUT2D eigenvalue weighted by molar-refractivity contribution is 7.80. The van der Waals surface area contributed by atoms with Gasteiger partial charge in [0, 0.05) is 12.2 Å². The summed E-state index contributed by atoms with van der Waals surface area (Å²) in [5.74, 6) is 0. The quantitative estimate of drug-likeness (QED) is 0.618. The normalized spacial score (nSPS) is 9.62. The van der Waals surface area contributed by atoms with Crippen LogP contribution >= 0.6 is 12.2 Å². The molecule has 0 heterocycles. The van der Waals surface area contributed by atoms with Crippen LogP contribution in [0.4, 0.5) is 5.69 Å². The van der Waals surface area contributed by atoms with Gasteiger partial charge < -0.3 is 10.6 Å². The van der Waals surface area contributed by atoms with E-state index in [9.17, 15) is 0 Å². The predicted octanol–water partition coefficient (Wildman–Crippen LogP) is 3.03. The lowest BCUT2D eigenvalue weighted by Crippen LogP contribution is -2.28. The molecule has 0 radical (unpaired) electrons. The topological polar surface area (TPSA) is 24.1 Å². The third-order valence-corrected chi connectivity index (χ3v) is 2.60. The van der Waals surface area contributed by atoms with E-state index < -0.39 is 0 Å². The van der Waals surface area contributed by atoms with Gasteiger partial charge in [-0.05, 0) is 42.8 Å². The maximum Gasteiger partial charge on any atom is 0.171 e. The molecule has 1 aromatic carbocycles.